The number of pyridine rings is 1. The maximum absolute atomic E-state index is 12.2. The van der Waals surface area contributed by atoms with Crippen LogP contribution in [-0.4, -0.2) is 10.5 Å². The molecule has 1 aliphatic carbocycles. The summed E-state index contributed by atoms with van der Waals surface area (Å²) in [5.41, 5.74) is 1.76. The number of hydrogen-bond acceptors (Lipinski definition) is 2. The van der Waals surface area contributed by atoms with Gasteiger partial charge < -0.3 is 9.88 Å². The molecule has 108 valence electrons. The highest BCUT2D eigenvalue weighted by Gasteiger charge is 2.43. The van der Waals surface area contributed by atoms with Crippen LogP contribution >= 0.6 is 15.9 Å². The lowest BCUT2D eigenvalue weighted by Crippen LogP contribution is -2.19. The van der Waals surface area contributed by atoms with E-state index in [2.05, 4.69) is 21.2 Å². The van der Waals surface area contributed by atoms with Gasteiger partial charge in [-0.25, -0.2) is 0 Å². The zero-order valence-corrected chi connectivity index (χ0v) is 13.1. The van der Waals surface area contributed by atoms with Crippen LogP contribution < -0.4 is 10.9 Å². The SMILES string of the molecule is Cn1cc(NC(=O)C2CC2c2ccc(Br)cc2)ccc1=O. The van der Waals surface area contributed by atoms with Gasteiger partial charge in [0.05, 0.1) is 5.69 Å². The Morgan fingerprint density at radius 1 is 1.24 bits per heavy atom. The van der Waals surface area contributed by atoms with Gasteiger partial charge in [-0.2, -0.15) is 0 Å². The summed E-state index contributed by atoms with van der Waals surface area (Å²) < 4.78 is 2.49. The van der Waals surface area contributed by atoms with Crippen molar-refractivity contribution in [2.45, 2.75) is 12.3 Å². The molecule has 1 aromatic heterocycles. The number of nitrogens with one attached hydrogen (secondary N) is 1. The minimum Gasteiger partial charge on any atom is -0.325 e. The molecular weight excluding hydrogens is 332 g/mol. The molecular formula is C16H15BrN2O2. The normalized spacial score (nSPS) is 20.1. The van der Waals surface area contributed by atoms with Gasteiger partial charge in [-0.1, -0.05) is 28.1 Å². The van der Waals surface area contributed by atoms with Crippen molar-refractivity contribution in [2.75, 3.05) is 5.32 Å². The molecule has 0 spiro atoms. The zero-order chi connectivity index (χ0) is 15.0. The van der Waals surface area contributed by atoms with Gasteiger partial charge in [0.25, 0.3) is 0 Å². The van der Waals surface area contributed by atoms with E-state index in [9.17, 15) is 9.59 Å². The van der Waals surface area contributed by atoms with Gasteiger partial charge in [-0.15, -0.1) is 0 Å². The van der Waals surface area contributed by atoms with Gasteiger partial charge in [0.15, 0.2) is 0 Å². The fraction of sp³-hybridized carbons (Fsp3) is 0.250. The molecule has 21 heavy (non-hydrogen) atoms. The molecule has 3 rings (SSSR count). The molecule has 2 atom stereocenters. The third-order valence-electron chi connectivity index (χ3n) is 3.78. The Kier molecular flexibility index (Phi) is 3.68. The number of carbonyl (C=O) groups is 1. The molecule has 1 heterocycles. The van der Waals surface area contributed by atoms with Crippen molar-refractivity contribution in [1.82, 2.24) is 4.57 Å². The zero-order valence-electron chi connectivity index (χ0n) is 11.5. The summed E-state index contributed by atoms with van der Waals surface area (Å²) in [5, 5.41) is 2.88. The highest BCUT2D eigenvalue weighted by molar-refractivity contribution is 9.10. The maximum atomic E-state index is 12.2. The molecule has 1 aliphatic rings. The average molecular weight is 347 g/mol. The van der Waals surface area contributed by atoms with E-state index in [1.54, 1.807) is 19.3 Å². The van der Waals surface area contributed by atoms with Gasteiger partial charge in [0.2, 0.25) is 11.5 Å². The standard InChI is InChI=1S/C16H15BrN2O2/c1-19-9-12(6-7-15(19)20)18-16(21)14-8-13(14)10-2-4-11(17)5-3-10/h2-7,9,13-14H,8H2,1H3,(H,18,21). The van der Waals surface area contributed by atoms with Gasteiger partial charge >= 0.3 is 0 Å². The molecule has 1 amide bonds. The molecule has 2 unspecified atom stereocenters. The van der Waals surface area contributed by atoms with Gasteiger partial charge in [0.1, 0.15) is 0 Å². The summed E-state index contributed by atoms with van der Waals surface area (Å²) in [7, 11) is 1.67. The van der Waals surface area contributed by atoms with Crippen molar-refractivity contribution in [2.24, 2.45) is 13.0 Å². The monoisotopic (exact) mass is 346 g/mol. The summed E-state index contributed by atoms with van der Waals surface area (Å²) in [6.07, 6.45) is 2.51. The topological polar surface area (TPSA) is 51.1 Å². The minimum absolute atomic E-state index is 0.0153. The van der Waals surface area contributed by atoms with Crippen LogP contribution in [0, 0.1) is 5.92 Å². The Bertz CT molecular complexity index is 737. The third-order valence-corrected chi connectivity index (χ3v) is 4.31. The molecule has 0 aliphatic heterocycles. The Labute approximate surface area is 130 Å². The van der Waals surface area contributed by atoms with E-state index in [0.717, 1.165) is 10.9 Å². The van der Waals surface area contributed by atoms with Crippen LogP contribution in [0.15, 0.2) is 51.9 Å². The molecule has 1 fully saturated rings. The van der Waals surface area contributed by atoms with Crippen LogP contribution in [0.1, 0.15) is 17.9 Å². The maximum Gasteiger partial charge on any atom is 0.250 e. The van der Waals surface area contributed by atoms with Crippen LogP contribution in [0.4, 0.5) is 5.69 Å². The lowest BCUT2D eigenvalue weighted by atomic mass is 10.1. The molecule has 1 saturated carbocycles. The molecule has 1 aromatic carbocycles. The van der Waals surface area contributed by atoms with Crippen molar-refractivity contribution in [3.05, 3.63) is 63.0 Å². The first-order valence-electron chi connectivity index (χ1n) is 6.77. The first-order valence-corrected chi connectivity index (χ1v) is 7.57. The molecule has 4 nitrogen and oxygen atoms in total. The van der Waals surface area contributed by atoms with Crippen molar-refractivity contribution < 1.29 is 4.79 Å². The number of aryl methyl sites for hydroxylation is 1. The minimum atomic E-state index is -0.0906. The van der Waals surface area contributed by atoms with Crippen LogP contribution in [-0.2, 0) is 11.8 Å². The fourth-order valence-corrected chi connectivity index (χ4v) is 2.73. The predicted molar refractivity (Wildman–Crippen MR) is 85.3 cm³/mol. The van der Waals surface area contributed by atoms with Gasteiger partial charge in [0, 0.05) is 29.7 Å². The number of hydrogen-bond donors (Lipinski definition) is 1. The van der Waals surface area contributed by atoms with E-state index in [1.807, 2.05) is 24.3 Å². The summed E-state index contributed by atoms with van der Waals surface area (Å²) >= 11 is 3.41. The molecule has 0 radical (unpaired) electrons. The first-order chi connectivity index (χ1) is 10.0. The molecule has 1 N–H and O–H groups in total. The third kappa shape index (κ3) is 3.08. The number of nitrogens with zero attached hydrogens (tertiary/aromatic N) is 1. The first kappa shape index (κ1) is 14.1. The predicted octanol–water partition coefficient (Wildman–Crippen LogP) is 2.89. The summed E-state index contributed by atoms with van der Waals surface area (Å²) in [6.45, 7) is 0. The number of carbonyl (C=O) groups excluding carboxylic acids is 1. The van der Waals surface area contributed by atoms with Crippen LogP contribution in [0.25, 0.3) is 0 Å². The van der Waals surface area contributed by atoms with Crippen LogP contribution in [0.2, 0.25) is 0 Å². The second kappa shape index (κ2) is 5.48. The lowest BCUT2D eigenvalue weighted by molar-refractivity contribution is -0.117. The summed E-state index contributed by atoms with van der Waals surface area (Å²) in [5.74, 6) is 0.329. The van der Waals surface area contributed by atoms with E-state index in [0.29, 0.717) is 11.6 Å². The van der Waals surface area contributed by atoms with Crippen molar-refractivity contribution in [1.29, 1.82) is 0 Å². The molecule has 0 saturated heterocycles. The number of amides is 1. The Balaban J connectivity index is 1.66. The fourth-order valence-electron chi connectivity index (χ4n) is 2.47. The second-order valence-corrected chi connectivity index (χ2v) is 6.27. The van der Waals surface area contributed by atoms with Crippen LogP contribution in [0.5, 0.6) is 0 Å². The Morgan fingerprint density at radius 3 is 2.62 bits per heavy atom. The van der Waals surface area contributed by atoms with E-state index < -0.39 is 0 Å². The van der Waals surface area contributed by atoms with E-state index in [4.69, 9.17) is 0 Å². The highest BCUT2D eigenvalue weighted by Crippen LogP contribution is 2.48. The molecule has 2 aromatic rings. The second-order valence-electron chi connectivity index (χ2n) is 5.36. The smallest absolute Gasteiger partial charge is 0.250 e. The quantitative estimate of drug-likeness (QED) is 0.928. The van der Waals surface area contributed by atoms with Crippen molar-refractivity contribution in [3.63, 3.8) is 0 Å². The number of anilines is 1. The number of rotatable bonds is 3. The van der Waals surface area contributed by atoms with Crippen LogP contribution in [0.3, 0.4) is 0 Å². The largest absolute Gasteiger partial charge is 0.325 e. The average Bonchev–Trinajstić information content (AvgIpc) is 3.24. The highest BCUT2D eigenvalue weighted by atomic mass is 79.9. The summed E-state index contributed by atoms with van der Waals surface area (Å²) in [6, 6.07) is 11.2. The van der Waals surface area contributed by atoms with Gasteiger partial charge in [-0.05, 0) is 36.1 Å². The Morgan fingerprint density at radius 2 is 1.95 bits per heavy atom. The van der Waals surface area contributed by atoms with E-state index in [1.165, 1.54) is 16.2 Å². The number of halogens is 1. The van der Waals surface area contributed by atoms with E-state index in [-0.39, 0.29) is 17.4 Å². The van der Waals surface area contributed by atoms with Gasteiger partial charge in [-0.3, -0.25) is 9.59 Å². The van der Waals surface area contributed by atoms with Crippen molar-refractivity contribution >= 4 is 27.5 Å². The summed E-state index contributed by atoms with van der Waals surface area (Å²) in [4.78, 5) is 23.5. The lowest BCUT2D eigenvalue weighted by Gasteiger charge is -2.06. The molecule has 5 heteroatoms. The van der Waals surface area contributed by atoms with Crippen molar-refractivity contribution in [3.8, 4) is 0 Å². The number of benzene rings is 1. The van der Waals surface area contributed by atoms with E-state index >= 15 is 0 Å². The number of aromatic nitrogens is 1. The Hall–Kier alpha value is -1.88. The molecule has 0 bridgehead atoms.